The quantitative estimate of drug-likeness (QED) is 0.820. The van der Waals surface area contributed by atoms with Gasteiger partial charge in [-0.3, -0.25) is 14.5 Å². The average Bonchev–Trinajstić information content (AvgIpc) is 2.91. The number of carbonyl (C=O) groups excluding carboxylic acids is 2. The van der Waals surface area contributed by atoms with Crippen molar-refractivity contribution in [2.75, 3.05) is 18.1 Å². The van der Waals surface area contributed by atoms with Gasteiger partial charge in [-0.1, -0.05) is 11.3 Å². The summed E-state index contributed by atoms with van der Waals surface area (Å²) in [6.07, 6.45) is 0.975. The van der Waals surface area contributed by atoms with Gasteiger partial charge < -0.3 is 10.5 Å². The van der Waals surface area contributed by atoms with Gasteiger partial charge in [0.25, 0.3) is 0 Å². The average molecular weight is 267 g/mol. The van der Waals surface area contributed by atoms with E-state index in [9.17, 15) is 9.59 Å². The molecule has 1 fully saturated rings. The molecule has 1 aromatic heterocycles. The monoisotopic (exact) mass is 267 g/mol. The zero-order valence-corrected chi connectivity index (χ0v) is 10.5. The SMILES string of the molecule is NC(=O)C1CC(=O)N(c2nc3c(s2)COCC3)C1. The molecule has 18 heavy (non-hydrogen) atoms. The number of rotatable bonds is 2. The minimum atomic E-state index is -0.421. The third kappa shape index (κ3) is 1.89. The Balaban J connectivity index is 1.84. The van der Waals surface area contributed by atoms with E-state index >= 15 is 0 Å². The number of ether oxygens (including phenoxy) is 1. The third-order valence-corrected chi connectivity index (χ3v) is 4.34. The Morgan fingerprint density at radius 2 is 2.39 bits per heavy atom. The molecular formula is C11H13N3O3S. The smallest absolute Gasteiger partial charge is 0.229 e. The molecule has 0 radical (unpaired) electrons. The van der Waals surface area contributed by atoms with Crippen molar-refractivity contribution >= 4 is 28.3 Å². The first-order chi connectivity index (χ1) is 8.65. The highest BCUT2D eigenvalue weighted by molar-refractivity contribution is 7.15. The minimum Gasteiger partial charge on any atom is -0.375 e. The lowest BCUT2D eigenvalue weighted by Crippen LogP contribution is -2.28. The van der Waals surface area contributed by atoms with Crippen LogP contribution in [0.4, 0.5) is 5.13 Å². The number of hydrogen-bond acceptors (Lipinski definition) is 5. The van der Waals surface area contributed by atoms with Crippen LogP contribution in [0.3, 0.4) is 0 Å². The van der Waals surface area contributed by atoms with Crippen molar-refractivity contribution in [2.24, 2.45) is 11.7 Å². The number of primary amides is 1. The zero-order valence-electron chi connectivity index (χ0n) is 9.72. The Kier molecular flexibility index (Phi) is 2.79. The van der Waals surface area contributed by atoms with E-state index in [0.717, 1.165) is 17.0 Å². The highest BCUT2D eigenvalue weighted by atomic mass is 32.1. The van der Waals surface area contributed by atoms with E-state index in [4.69, 9.17) is 10.5 Å². The predicted molar refractivity (Wildman–Crippen MR) is 65.1 cm³/mol. The van der Waals surface area contributed by atoms with E-state index in [0.29, 0.717) is 24.9 Å². The summed E-state index contributed by atoms with van der Waals surface area (Å²) in [5, 5.41) is 0.666. The minimum absolute atomic E-state index is 0.0779. The maximum atomic E-state index is 11.9. The van der Waals surface area contributed by atoms with E-state index in [1.54, 1.807) is 4.90 Å². The number of thiazole rings is 1. The number of nitrogens with two attached hydrogens (primary N) is 1. The molecule has 2 N–H and O–H groups in total. The molecule has 1 aromatic rings. The van der Waals surface area contributed by atoms with Crippen LogP contribution in [0.15, 0.2) is 0 Å². The van der Waals surface area contributed by atoms with Crippen LogP contribution in [-0.4, -0.2) is 29.9 Å². The fraction of sp³-hybridized carbons (Fsp3) is 0.545. The van der Waals surface area contributed by atoms with Crippen LogP contribution in [0.5, 0.6) is 0 Å². The fourth-order valence-electron chi connectivity index (χ4n) is 2.21. The molecular weight excluding hydrogens is 254 g/mol. The van der Waals surface area contributed by atoms with Crippen LogP contribution < -0.4 is 10.6 Å². The molecule has 2 aliphatic rings. The normalized spacial score (nSPS) is 23.2. The third-order valence-electron chi connectivity index (χ3n) is 3.24. The summed E-state index contributed by atoms with van der Waals surface area (Å²) >= 11 is 1.47. The molecule has 2 amide bonds. The number of hydrogen-bond donors (Lipinski definition) is 1. The lowest BCUT2D eigenvalue weighted by molar-refractivity contribution is -0.123. The first-order valence-corrected chi connectivity index (χ1v) is 6.63. The van der Waals surface area contributed by atoms with Crippen molar-refractivity contribution in [1.82, 2.24) is 4.98 Å². The van der Waals surface area contributed by atoms with Crippen molar-refractivity contribution < 1.29 is 14.3 Å². The number of nitrogens with zero attached hydrogens (tertiary/aromatic N) is 2. The van der Waals surface area contributed by atoms with Crippen molar-refractivity contribution in [3.8, 4) is 0 Å². The summed E-state index contributed by atoms with van der Waals surface area (Å²) in [5.74, 6) is -0.893. The molecule has 1 atom stereocenters. The maximum absolute atomic E-state index is 11.9. The Morgan fingerprint density at radius 3 is 3.06 bits per heavy atom. The molecule has 1 saturated heterocycles. The Morgan fingerprint density at radius 1 is 1.56 bits per heavy atom. The number of fused-ring (bicyclic) bond motifs is 1. The first kappa shape index (κ1) is 11.6. The number of amides is 2. The van der Waals surface area contributed by atoms with Gasteiger partial charge in [-0.15, -0.1) is 0 Å². The van der Waals surface area contributed by atoms with Crippen LogP contribution in [0, 0.1) is 5.92 Å². The highest BCUT2D eigenvalue weighted by Gasteiger charge is 2.36. The van der Waals surface area contributed by atoms with Crippen molar-refractivity contribution in [2.45, 2.75) is 19.4 Å². The molecule has 7 heteroatoms. The largest absolute Gasteiger partial charge is 0.375 e. The van der Waals surface area contributed by atoms with Gasteiger partial charge in [-0.2, -0.15) is 0 Å². The van der Waals surface area contributed by atoms with Gasteiger partial charge in [-0.25, -0.2) is 4.98 Å². The number of anilines is 1. The molecule has 1 unspecified atom stereocenters. The molecule has 0 aromatic carbocycles. The van der Waals surface area contributed by atoms with Crippen molar-refractivity contribution in [3.63, 3.8) is 0 Å². The molecule has 96 valence electrons. The van der Waals surface area contributed by atoms with Gasteiger partial charge >= 0.3 is 0 Å². The van der Waals surface area contributed by atoms with E-state index in [1.165, 1.54) is 11.3 Å². The molecule has 6 nitrogen and oxygen atoms in total. The molecule has 0 aliphatic carbocycles. The number of aromatic nitrogens is 1. The topological polar surface area (TPSA) is 85.5 Å². The van der Waals surface area contributed by atoms with E-state index in [-0.39, 0.29) is 12.3 Å². The molecule has 0 bridgehead atoms. The summed E-state index contributed by atoms with van der Waals surface area (Å²) in [6, 6.07) is 0. The molecule has 0 saturated carbocycles. The maximum Gasteiger partial charge on any atom is 0.229 e. The van der Waals surface area contributed by atoms with Gasteiger partial charge in [0.05, 0.1) is 29.7 Å². The van der Waals surface area contributed by atoms with E-state index < -0.39 is 11.8 Å². The van der Waals surface area contributed by atoms with E-state index in [2.05, 4.69) is 4.98 Å². The van der Waals surface area contributed by atoms with Crippen molar-refractivity contribution in [3.05, 3.63) is 10.6 Å². The van der Waals surface area contributed by atoms with Gasteiger partial charge in [0.15, 0.2) is 5.13 Å². The predicted octanol–water partition coefficient (Wildman–Crippen LogP) is 0.0540. The highest BCUT2D eigenvalue weighted by Crippen LogP contribution is 2.33. The second-order valence-corrected chi connectivity index (χ2v) is 5.54. The zero-order chi connectivity index (χ0) is 12.7. The lowest BCUT2D eigenvalue weighted by Gasteiger charge is -2.11. The van der Waals surface area contributed by atoms with Gasteiger partial charge in [0.1, 0.15) is 0 Å². The van der Waals surface area contributed by atoms with E-state index in [1.807, 2.05) is 0 Å². The van der Waals surface area contributed by atoms with Crippen LogP contribution in [0.25, 0.3) is 0 Å². The first-order valence-electron chi connectivity index (χ1n) is 5.81. The van der Waals surface area contributed by atoms with Crippen molar-refractivity contribution in [1.29, 1.82) is 0 Å². The van der Waals surface area contributed by atoms with Crippen LogP contribution in [0.2, 0.25) is 0 Å². The summed E-state index contributed by atoms with van der Waals surface area (Å²) in [5.41, 5.74) is 6.25. The molecule has 3 heterocycles. The summed E-state index contributed by atoms with van der Waals surface area (Å²) in [7, 11) is 0. The van der Waals surface area contributed by atoms with Gasteiger partial charge in [0, 0.05) is 19.4 Å². The summed E-state index contributed by atoms with van der Waals surface area (Å²) in [6.45, 7) is 1.59. The standard InChI is InChI=1S/C11H13N3O3S/c12-10(16)6-3-9(15)14(4-6)11-13-7-1-2-17-5-8(7)18-11/h6H,1-5H2,(H2,12,16). The second-order valence-electron chi connectivity index (χ2n) is 4.48. The molecule has 3 rings (SSSR count). The summed E-state index contributed by atoms with van der Waals surface area (Å²) < 4.78 is 5.35. The van der Waals surface area contributed by atoms with Gasteiger partial charge in [-0.05, 0) is 0 Å². The van der Waals surface area contributed by atoms with Gasteiger partial charge in [0.2, 0.25) is 11.8 Å². The summed E-state index contributed by atoms with van der Waals surface area (Å²) in [4.78, 5) is 30.1. The lowest BCUT2D eigenvalue weighted by atomic mass is 10.1. The molecule has 2 aliphatic heterocycles. The van der Waals surface area contributed by atoms with Crippen LogP contribution in [-0.2, 0) is 27.4 Å². The Labute approximate surface area is 108 Å². The number of carbonyl (C=O) groups is 2. The van der Waals surface area contributed by atoms with Crippen LogP contribution in [0.1, 0.15) is 17.0 Å². The van der Waals surface area contributed by atoms with Crippen LogP contribution >= 0.6 is 11.3 Å². The fourth-order valence-corrected chi connectivity index (χ4v) is 3.28. The Hall–Kier alpha value is -1.47. The Bertz CT molecular complexity index is 490. The molecule has 0 spiro atoms. The second kappa shape index (κ2) is 4.33.